The lowest BCUT2D eigenvalue weighted by atomic mass is 10.0. The smallest absolute Gasteiger partial charge is 0.137 e. The van der Waals surface area contributed by atoms with Crippen LogP contribution in [0, 0.1) is 13.8 Å². The molecule has 0 N–H and O–H groups in total. The van der Waals surface area contributed by atoms with Crippen molar-refractivity contribution in [2.75, 3.05) is 0 Å². The number of ether oxygens (including phenoxy) is 1. The largest absolute Gasteiger partial charge is 0.457 e. The van der Waals surface area contributed by atoms with Crippen molar-refractivity contribution >= 4 is 21.8 Å². The molecule has 0 saturated carbocycles. The van der Waals surface area contributed by atoms with E-state index in [9.17, 15) is 0 Å². The maximum absolute atomic E-state index is 6.56. The Bertz CT molecular complexity index is 2390. The minimum absolute atomic E-state index is 0.746. The molecule has 0 bridgehead atoms. The Hall–Kier alpha value is -5.94. The molecule has 0 atom stereocenters. The van der Waals surface area contributed by atoms with Crippen LogP contribution in [0.25, 0.3) is 55.6 Å². The van der Waals surface area contributed by atoms with E-state index in [1.807, 2.05) is 35.1 Å². The highest BCUT2D eigenvalue weighted by Crippen LogP contribution is 2.37. The molecule has 0 amide bonds. The van der Waals surface area contributed by atoms with Gasteiger partial charge in [0.1, 0.15) is 17.3 Å². The van der Waals surface area contributed by atoms with Crippen LogP contribution in [0.2, 0.25) is 0 Å². The van der Waals surface area contributed by atoms with Crippen molar-refractivity contribution < 1.29 is 4.74 Å². The summed E-state index contributed by atoms with van der Waals surface area (Å²) in [5, 5.41) is 7.24. The van der Waals surface area contributed by atoms with Crippen molar-refractivity contribution in [2.24, 2.45) is 0 Å². The van der Waals surface area contributed by atoms with E-state index in [4.69, 9.17) is 14.8 Å². The zero-order valence-electron chi connectivity index (χ0n) is 26.7. The van der Waals surface area contributed by atoms with Gasteiger partial charge < -0.3 is 4.74 Å². The van der Waals surface area contributed by atoms with Crippen LogP contribution in [0.4, 0.5) is 0 Å². The third kappa shape index (κ3) is 5.16. The fraction of sp³-hybridized carbons (Fsp3) is 0.0952. The molecule has 8 aromatic rings. The molecule has 228 valence electrons. The Morgan fingerprint density at radius 1 is 0.617 bits per heavy atom. The maximum atomic E-state index is 6.56. The van der Waals surface area contributed by atoms with E-state index >= 15 is 0 Å². The van der Waals surface area contributed by atoms with Gasteiger partial charge >= 0.3 is 0 Å². The Morgan fingerprint density at radius 2 is 1.38 bits per heavy atom. The summed E-state index contributed by atoms with van der Waals surface area (Å²) in [5.41, 5.74) is 11.1. The minimum Gasteiger partial charge on any atom is -0.457 e. The molecule has 0 unspecified atom stereocenters. The molecule has 0 aliphatic carbocycles. The topological polar surface area (TPSA) is 44.9 Å². The molecule has 3 aromatic heterocycles. The van der Waals surface area contributed by atoms with Gasteiger partial charge in [0.2, 0.25) is 0 Å². The van der Waals surface area contributed by atoms with Crippen molar-refractivity contribution in [3.63, 3.8) is 0 Å². The molecule has 5 nitrogen and oxygen atoms in total. The number of nitrogens with zero attached hydrogens (tertiary/aromatic N) is 4. The van der Waals surface area contributed by atoms with Crippen LogP contribution >= 0.6 is 0 Å². The van der Waals surface area contributed by atoms with Crippen LogP contribution in [0.15, 0.2) is 140 Å². The average Bonchev–Trinajstić information content (AvgIpc) is 3.61. The predicted octanol–water partition coefficient (Wildman–Crippen LogP) is 10.7. The van der Waals surface area contributed by atoms with Gasteiger partial charge in [0, 0.05) is 40.4 Å². The first-order valence-electron chi connectivity index (χ1n) is 16.1. The summed E-state index contributed by atoms with van der Waals surface area (Å²) in [6.07, 6.45) is 2.84. The quantitative estimate of drug-likeness (QED) is 0.180. The SMILES string of the molecule is CCc1ccnc(-n2c3ccc(-c4ccccc4)cc3c3ccc(Oc4cccc(-n5nc(C)c(-c6ccccc6)c5C)c4)cc32)c1. The summed E-state index contributed by atoms with van der Waals surface area (Å²) in [7, 11) is 0. The van der Waals surface area contributed by atoms with E-state index in [2.05, 4.69) is 135 Å². The van der Waals surface area contributed by atoms with E-state index in [1.54, 1.807) is 0 Å². The number of hydrogen-bond acceptors (Lipinski definition) is 3. The van der Waals surface area contributed by atoms with Gasteiger partial charge in [0.15, 0.2) is 0 Å². The predicted molar refractivity (Wildman–Crippen MR) is 192 cm³/mol. The molecular formula is C42H34N4O. The van der Waals surface area contributed by atoms with Crippen LogP contribution in [-0.4, -0.2) is 19.3 Å². The molecule has 5 heteroatoms. The number of hydrogen-bond donors (Lipinski definition) is 0. The summed E-state index contributed by atoms with van der Waals surface area (Å²) in [4.78, 5) is 4.82. The Kier molecular flexibility index (Phi) is 7.14. The van der Waals surface area contributed by atoms with Gasteiger partial charge in [-0.25, -0.2) is 9.67 Å². The lowest BCUT2D eigenvalue weighted by Crippen LogP contribution is -2.00. The summed E-state index contributed by atoms with van der Waals surface area (Å²) in [5.74, 6) is 2.40. The molecule has 0 radical (unpaired) electrons. The zero-order valence-corrected chi connectivity index (χ0v) is 26.7. The average molecular weight is 611 g/mol. The van der Waals surface area contributed by atoms with Crippen LogP contribution in [0.3, 0.4) is 0 Å². The van der Waals surface area contributed by atoms with Crippen LogP contribution in [0.5, 0.6) is 11.5 Å². The minimum atomic E-state index is 0.746. The lowest BCUT2D eigenvalue weighted by molar-refractivity contribution is 0.482. The van der Waals surface area contributed by atoms with E-state index in [0.717, 1.165) is 62.8 Å². The van der Waals surface area contributed by atoms with Gasteiger partial charge in [-0.05, 0) is 91.1 Å². The molecular weight excluding hydrogens is 576 g/mol. The van der Waals surface area contributed by atoms with E-state index in [0.29, 0.717) is 0 Å². The Morgan fingerprint density at radius 3 is 2.17 bits per heavy atom. The van der Waals surface area contributed by atoms with Gasteiger partial charge in [-0.1, -0.05) is 79.7 Å². The summed E-state index contributed by atoms with van der Waals surface area (Å²) in [6.45, 7) is 6.35. The molecule has 8 rings (SSSR count). The highest BCUT2D eigenvalue weighted by molar-refractivity contribution is 6.10. The van der Waals surface area contributed by atoms with Gasteiger partial charge in [-0.3, -0.25) is 4.57 Å². The van der Waals surface area contributed by atoms with Gasteiger partial charge in [-0.15, -0.1) is 0 Å². The molecule has 47 heavy (non-hydrogen) atoms. The number of benzene rings is 5. The van der Waals surface area contributed by atoms with Gasteiger partial charge in [0.05, 0.1) is 22.4 Å². The van der Waals surface area contributed by atoms with Crippen molar-refractivity contribution in [3.05, 3.63) is 157 Å². The normalized spacial score (nSPS) is 11.4. The Labute approximate surface area is 274 Å². The maximum Gasteiger partial charge on any atom is 0.137 e. The molecule has 0 spiro atoms. The summed E-state index contributed by atoms with van der Waals surface area (Å²) >= 11 is 0. The van der Waals surface area contributed by atoms with E-state index in [1.165, 1.54) is 27.6 Å². The van der Waals surface area contributed by atoms with Crippen molar-refractivity contribution in [1.29, 1.82) is 0 Å². The number of aromatic nitrogens is 4. The fourth-order valence-electron chi connectivity index (χ4n) is 6.66. The molecule has 0 saturated heterocycles. The molecule has 3 heterocycles. The molecule has 5 aromatic carbocycles. The lowest BCUT2D eigenvalue weighted by Gasteiger charge is -2.11. The third-order valence-electron chi connectivity index (χ3n) is 8.94. The second-order valence-electron chi connectivity index (χ2n) is 11.9. The molecule has 0 aliphatic rings. The van der Waals surface area contributed by atoms with E-state index in [-0.39, 0.29) is 0 Å². The second-order valence-corrected chi connectivity index (χ2v) is 11.9. The summed E-state index contributed by atoms with van der Waals surface area (Å²) < 4.78 is 10.8. The molecule has 0 fully saturated rings. The highest BCUT2D eigenvalue weighted by atomic mass is 16.5. The van der Waals surface area contributed by atoms with Crippen LogP contribution in [0.1, 0.15) is 23.9 Å². The third-order valence-corrected chi connectivity index (χ3v) is 8.94. The first kappa shape index (κ1) is 28.5. The highest BCUT2D eigenvalue weighted by Gasteiger charge is 2.17. The molecule has 0 aliphatic heterocycles. The first-order valence-corrected chi connectivity index (χ1v) is 16.1. The number of pyridine rings is 1. The van der Waals surface area contributed by atoms with Crippen LogP contribution in [-0.2, 0) is 6.42 Å². The number of fused-ring (bicyclic) bond motifs is 3. The first-order chi connectivity index (χ1) is 23.1. The summed E-state index contributed by atoms with van der Waals surface area (Å²) in [6, 6.07) is 46.4. The number of rotatable bonds is 7. The van der Waals surface area contributed by atoms with Crippen LogP contribution < -0.4 is 4.74 Å². The van der Waals surface area contributed by atoms with Crippen molar-refractivity contribution in [3.8, 4) is 45.3 Å². The number of aryl methyl sites for hydroxylation is 2. The standard InChI is InChI=1S/C42H34N4O/c1-4-30-22-23-43-41(24-30)45-39-21-18-33(31-12-7-5-8-13-31)25-38(39)37-20-19-36(27-40(37)45)47-35-17-11-16-34(26-35)46-29(3)42(28(2)44-46)32-14-9-6-10-15-32/h5-27H,4H2,1-3H3. The monoisotopic (exact) mass is 610 g/mol. The van der Waals surface area contributed by atoms with Gasteiger partial charge in [-0.2, -0.15) is 5.10 Å². The second kappa shape index (κ2) is 11.8. The Balaban J connectivity index is 1.22. The van der Waals surface area contributed by atoms with Crippen molar-refractivity contribution in [1.82, 2.24) is 19.3 Å². The fourth-order valence-corrected chi connectivity index (χ4v) is 6.66. The van der Waals surface area contributed by atoms with E-state index < -0.39 is 0 Å². The van der Waals surface area contributed by atoms with Crippen molar-refractivity contribution in [2.45, 2.75) is 27.2 Å². The zero-order chi connectivity index (χ0) is 31.9. The van der Waals surface area contributed by atoms with Gasteiger partial charge in [0.25, 0.3) is 0 Å².